The van der Waals surface area contributed by atoms with Crippen LogP contribution in [0.1, 0.15) is 16.7 Å². The van der Waals surface area contributed by atoms with Crippen LogP contribution in [0.15, 0.2) is 42.5 Å². The van der Waals surface area contributed by atoms with Gasteiger partial charge in [-0.1, -0.05) is 24.3 Å². The van der Waals surface area contributed by atoms with Gasteiger partial charge in [0.05, 0.1) is 12.0 Å². The molecule has 2 rings (SSSR count). The van der Waals surface area contributed by atoms with Gasteiger partial charge in [0.25, 0.3) is 5.69 Å². The Morgan fingerprint density at radius 1 is 1.14 bits per heavy atom. The minimum Gasteiger partial charge on any atom is -0.497 e. The third-order valence-electron chi connectivity index (χ3n) is 3.42. The molecular weight excluding hydrogens is 268 g/mol. The van der Waals surface area contributed by atoms with Gasteiger partial charge in [0.1, 0.15) is 5.75 Å². The molecule has 0 amide bonds. The van der Waals surface area contributed by atoms with Crippen LogP contribution in [0.5, 0.6) is 5.75 Å². The van der Waals surface area contributed by atoms with E-state index < -0.39 is 0 Å². The number of nitro benzene ring substituents is 1. The summed E-state index contributed by atoms with van der Waals surface area (Å²) in [5.74, 6) is 0.827. The molecule has 0 heterocycles. The smallest absolute Gasteiger partial charge is 0.272 e. The standard InChI is InChI=1S/C16H18N2O3/c1-12-14(4-3-5-16(12)18(19)20)11-17-10-13-6-8-15(21-2)9-7-13/h3-9,17H,10-11H2,1-2H3. The lowest BCUT2D eigenvalue weighted by Crippen LogP contribution is -2.13. The first kappa shape index (κ1) is 15.0. The van der Waals surface area contributed by atoms with Crippen molar-refractivity contribution in [2.45, 2.75) is 20.0 Å². The predicted octanol–water partition coefficient (Wildman–Crippen LogP) is 3.20. The Bertz CT molecular complexity index is 624. The van der Waals surface area contributed by atoms with Crippen LogP contribution in [0.4, 0.5) is 5.69 Å². The Morgan fingerprint density at radius 2 is 1.86 bits per heavy atom. The second kappa shape index (κ2) is 6.85. The lowest BCUT2D eigenvalue weighted by molar-refractivity contribution is -0.385. The summed E-state index contributed by atoms with van der Waals surface area (Å²) in [5.41, 5.74) is 2.96. The monoisotopic (exact) mass is 286 g/mol. The molecule has 0 saturated heterocycles. The first-order chi connectivity index (χ1) is 10.1. The van der Waals surface area contributed by atoms with Crippen LogP contribution < -0.4 is 10.1 Å². The molecule has 0 bridgehead atoms. The highest BCUT2D eigenvalue weighted by Crippen LogP contribution is 2.21. The van der Waals surface area contributed by atoms with Gasteiger partial charge in [-0.25, -0.2) is 0 Å². The number of hydrogen-bond donors (Lipinski definition) is 1. The van der Waals surface area contributed by atoms with Crippen LogP contribution in [-0.4, -0.2) is 12.0 Å². The van der Waals surface area contributed by atoms with Gasteiger partial charge < -0.3 is 10.1 Å². The van der Waals surface area contributed by atoms with Crippen molar-refractivity contribution in [1.29, 1.82) is 0 Å². The summed E-state index contributed by atoms with van der Waals surface area (Å²) in [6.45, 7) is 3.08. The van der Waals surface area contributed by atoms with E-state index in [1.165, 1.54) is 6.07 Å². The number of methoxy groups -OCH3 is 1. The number of nitrogens with one attached hydrogen (secondary N) is 1. The van der Waals surface area contributed by atoms with E-state index in [0.717, 1.165) is 16.9 Å². The number of nitro groups is 1. The first-order valence-electron chi connectivity index (χ1n) is 6.68. The van der Waals surface area contributed by atoms with E-state index >= 15 is 0 Å². The Morgan fingerprint density at radius 3 is 2.48 bits per heavy atom. The van der Waals surface area contributed by atoms with Crippen molar-refractivity contribution in [3.05, 3.63) is 69.3 Å². The van der Waals surface area contributed by atoms with Crippen LogP contribution in [0.2, 0.25) is 0 Å². The average molecular weight is 286 g/mol. The van der Waals surface area contributed by atoms with E-state index in [9.17, 15) is 10.1 Å². The Balaban J connectivity index is 1.97. The van der Waals surface area contributed by atoms with Crippen LogP contribution in [0, 0.1) is 17.0 Å². The topological polar surface area (TPSA) is 64.4 Å². The number of hydrogen-bond acceptors (Lipinski definition) is 4. The van der Waals surface area contributed by atoms with Crippen LogP contribution in [0.3, 0.4) is 0 Å². The molecule has 2 aromatic rings. The van der Waals surface area contributed by atoms with Gasteiger partial charge in [0.2, 0.25) is 0 Å². The van der Waals surface area contributed by atoms with Crippen molar-refractivity contribution in [3.63, 3.8) is 0 Å². The molecule has 0 fully saturated rings. The fourth-order valence-corrected chi connectivity index (χ4v) is 2.14. The van der Waals surface area contributed by atoms with Crippen molar-refractivity contribution >= 4 is 5.69 Å². The highest BCUT2D eigenvalue weighted by atomic mass is 16.6. The summed E-state index contributed by atoms with van der Waals surface area (Å²) >= 11 is 0. The molecule has 5 heteroatoms. The van der Waals surface area contributed by atoms with E-state index in [1.54, 1.807) is 20.1 Å². The summed E-state index contributed by atoms with van der Waals surface area (Å²) in [7, 11) is 1.64. The quantitative estimate of drug-likeness (QED) is 0.654. The molecule has 0 aliphatic rings. The molecule has 110 valence electrons. The fourth-order valence-electron chi connectivity index (χ4n) is 2.14. The van der Waals surface area contributed by atoms with E-state index in [0.29, 0.717) is 18.7 Å². The highest BCUT2D eigenvalue weighted by molar-refractivity contribution is 5.44. The largest absolute Gasteiger partial charge is 0.497 e. The van der Waals surface area contributed by atoms with Gasteiger partial charge in [0, 0.05) is 24.7 Å². The molecule has 2 aromatic carbocycles. The molecule has 5 nitrogen and oxygen atoms in total. The number of ether oxygens (including phenoxy) is 1. The fraction of sp³-hybridized carbons (Fsp3) is 0.250. The molecule has 0 aliphatic heterocycles. The Kier molecular flexibility index (Phi) is 4.90. The maximum Gasteiger partial charge on any atom is 0.272 e. The highest BCUT2D eigenvalue weighted by Gasteiger charge is 2.12. The molecule has 1 N–H and O–H groups in total. The number of benzene rings is 2. The normalized spacial score (nSPS) is 10.4. The second-order valence-electron chi connectivity index (χ2n) is 4.77. The van der Waals surface area contributed by atoms with E-state index in [2.05, 4.69) is 5.32 Å². The van der Waals surface area contributed by atoms with E-state index in [4.69, 9.17) is 4.74 Å². The Labute approximate surface area is 123 Å². The summed E-state index contributed by atoms with van der Waals surface area (Å²) in [4.78, 5) is 10.6. The van der Waals surface area contributed by atoms with E-state index in [-0.39, 0.29) is 10.6 Å². The van der Waals surface area contributed by atoms with Gasteiger partial charge in [-0.15, -0.1) is 0 Å². The molecule has 0 aliphatic carbocycles. The summed E-state index contributed by atoms with van der Waals surface area (Å²) in [6, 6.07) is 13.0. The third-order valence-corrected chi connectivity index (χ3v) is 3.42. The summed E-state index contributed by atoms with van der Waals surface area (Å²) in [5, 5.41) is 14.2. The van der Waals surface area contributed by atoms with Gasteiger partial charge in [-0.05, 0) is 30.2 Å². The second-order valence-corrected chi connectivity index (χ2v) is 4.77. The summed E-state index contributed by atoms with van der Waals surface area (Å²) in [6.07, 6.45) is 0. The van der Waals surface area contributed by atoms with Crippen molar-refractivity contribution in [3.8, 4) is 5.75 Å². The van der Waals surface area contributed by atoms with Crippen molar-refractivity contribution in [2.75, 3.05) is 7.11 Å². The number of nitrogens with zero attached hydrogens (tertiary/aromatic N) is 1. The third kappa shape index (κ3) is 3.79. The van der Waals surface area contributed by atoms with Gasteiger partial charge >= 0.3 is 0 Å². The maximum absolute atomic E-state index is 10.9. The molecule has 0 aromatic heterocycles. The Hall–Kier alpha value is -2.40. The molecule has 0 atom stereocenters. The molecule has 0 unspecified atom stereocenters. The minimum absolute atomic E-state index is 0.166. The van der Waals surface area contributed by atoms with Crippen molar-refractivity contribution in [1.82, 2.24) is 5.32 Å². The van der Waals surface area contributed by atoms with Crippen molar-refractivity contribution in [2.24, 2.45) is 0 Å². The molecule has 0 saturated carbocycles. The van der Waals surface area contributed by atoms with Gasteiger partial charge in [-0.2, -0.15) is 0 Å². The lowest BCUT2D eigenvalue weighted by Gasteiger charge is -2.08. The van der Waals surface area contributed by atoms with Crippen LogP contribution >= 0.6 is 0 Å². The predicted molar refractivity (Wildman–Crippen MR) is 81.4 cm³/mol. The first-order valence-corrected chi connectivity index (χ1v) is 6.68. The molecular formula is C16H18N2O3. The zero-order valence-electron chi connectivity index (χ0n) is 12.1. The van der Waals surface area contributed by atoms with Gasteiger partial charge in [0.15, 0.2) is 0 Å². The van der Waals surface area contributed by atoms with Crippen LogP contribution in [-0.2, 0) is 13.1 Å². The maximum atomic E-state index is 10.9. The molecule has 21 heavy (non-hydrogen) atoms. The SMILES string of the molecule is COc1ccc(CNCc2cccc([N+](=O)[O-])c2C)cc1. The number of rotatable bonds is 6. The van der Waals surface area contributed by atoms with E-state index in [1.807, 2.05) is 30.3 Å². The zero-order valence-corrected chi connectivity index (χ0v) is 12.1. The van der Waals surface area contributed by atoms with Crippen LogP contribution in [0.25, 0.3) is 0 Å². The van der Waals surface area contributed by atoms with Crippen molar-refractivity contribution < 1.29 is 9.66 Å². The summed E-state index contributed by atoms with van der Waals surface area (Å²) < 4.78 is 5.11. The molecule has 0 radical (unpaired) electrons. The average Bonchev–Trinajstić information content (AvgIpc) is 2.49. The minimum atomic E-state index is -0.345. The van der Waals surface area contributed by atoms with Gasteiger partial charge in [-0.3, -0.25) is 10.1 Å². The zero-order chi connectivity index (χ0) is 15.2. The lowest BCUT2D eigenvalue weighted by atomic mass is 10.1. The molecule has 0 spiro atoms.